The summed E-state index contributed by atoms with van der Waals surface area (Å²) in [5.74, 6) is 0. The Morgan fingerprint density at radius 1 is 1.13 bits per heavy atom. The summed E-state index contributed by atoms with van der Waals surface area (Å²) >= 11 is 0. The van der Waals surface area contributed by atoms with Crippen LogP contribution in [0, 0.1) is 0 Å². The van der Waals surface area contributed by atoms with Gasteiger partial charge in [-0.1, -0.05) is 24.3 Å². The van der Waals surface area contributed by atoms with Crippen molar-refractivity contribution in [3.8, 4) is 0 Å². The fourth-order valence-corrected chi connectivity index (χ4v) is 1.66. The smallest absolute Gasteiger partial charge is 0.0390 e. The van der Waals surface area contributed by atoms with Crippen molar-refractivity contribution in [1.82, 2.24) is 5.32 Å². The molecule has 1 aliphatic rings. The molecule has 84 valence electrons. The molecule has 0 aromatic heterocycles. The molecule has 2 rings (SSSR count). The minimum Gasteiger partial charge on any atom is -0.398 e. The molecule has 0 unspecified atom stereocenters. The van der Waals surface area contributed by atoms with E-state index in [1.54, 1.807) is 0 Å². The van der Waals surface area contributed by atoms with E-state index < -0.39 is 0 Å². The number of nitrogens with two attached hydrogens (primary N) is 1. The van der Waals surface area contributed by atoms with E-state index in [0.29, 0.717) is 0 Å². The Morgan fingerprint density at radius 3 is 2.47 bits per heavy atom. The van der Waals surface area contributed by atoms with Crippen molar-refractivity contribution in [2.45, 2.75) is 6.42 Å². The van der Waals surface area contributed by atoms with E-state index in [-0.39, 0.29) is 24.8 Å². The summed E-state index contributed by atoms with van der Waals surface area (Å²) in [5, 5.41) is 3.29. The van der Waals surface area contributed by atoms with Crippen LogP contribution < -0.4 is 11.1 Å². The van der Waals surface area contributed by atoms with Crippen LogP contribution in [-0.2, 0) is 0 Å². The molecule has 3 N–H and O–H groups in total. The summed E-state index contributed by atoms with van der Waals surface area (Å²) in [7, 11) is 0. The molecule has 0 spiro atoms. The Kier molecular flexibility index (Phi) is 6.41. The maximum atomic E-state index is 5.89. The van der Waals surface area contributed by atoms with E-state index in [0.717, 1.165) is 25.2 Å². The van der Waals surface area contributed by atoms with E-state index in [1.807, 2.05) is 18.2 Å². The van der Waals surface area contributed by atoms with Crippen molar-refractivity contribution in [3.05, 3.63) is 35.9 Å². The van der Waals surface area contributed by atoms with Crippen LogP contribution in [0.1, 0.15) is 12.0 Å². The SMILES string of the molecule is Cl.Cl.Nc1ccccc1C1=CCNCC1. The van der Waals surface area contributed by atoms with Crippen LogP contribution >= 0.6 is 24.8 Å². The van der Waals surface area contributed by atoms with Crippen molar-refractivity contribution >= 4 is 36.1 Å². The first kappa shape index (κ1) is 14.3. The molecule has 0 amide bonds. The first-order valence-corrected chi connectivity index (χ1v) is 4.62. The van der Waals surface area contributed by atoms with Crippen LogP contribution in [-0.4, -0.2) is 13.1 Å². The Bertz CT molecular complexity index is 337. The molecule has 1 aromatic carbocycles. The molecular weight excluding hydrogens is 231 g/mol. The van der Waals surface area contributed by atoms with Gasteiger partial charge in [0, 0.05) is 17.8 Å². The average Bonchev–Trinajstić information content (AvgIpc) is 2.20. The van der Waals surface area contributed by atoms with Gasteiger partial charge < -0.3 is 11.1 Å². The van der Waals surface area contributed by atoms with Crippen molar-refractivity contribution in [3.63, 3.8) is 0 Å². The molecule has 0 saturated heterocycles. The lowest BCUT2D eigenvalue weighted by Crippen LogP contribution is -2.20. The molecule has 0 saturated carbocycles. The summed E-state index contributed by atoms with van der Waals surface area (Å²) < 4.78 is 0. The largest absolute Gasteiger partial charge is 0.398 e. The number of para-hydroxylation sites is 1. The van der Waals surface area contributed by atoms with Crippen LogP contribution in [0.2, 0.25) is 0 Å². The molecule has 0 bridgehead atoms. The predicted molar refractivity (Wildman–Crippen MR) is 70.8 cm³/mol. The number of nitrogen functional groups attached to an aromatic ring is 1. The molecule has 4 heteroatoms. The maximum Gasteiger partial charge on any atom is 0.0390 e. The summed E-state index contributed by atoms with van der Waals surface area (Å²) in [6.07, 6.45) is 3.30. The third kappa shape index (κ3) is 3.42. The van der Waals surface area contributed by atoms with Crippen LogP contribution in [0.3, 0.4) is 0 Å². The highest BCUT2D eigenvalue weighted by Gasteiger charge is 2.07. The van der Waals surface area contributed by atoms with Crippen LogP contribution in [0.15, 0.2) is 30.3 Å². The number of rotatable bonds is 1. The van der Waals surface area contributed by atoms with Crippen molar-refractivity contribution in [2.24, 2.45) is 0 Å². The lowest BCUT2D eigenvalue weighted by molar-refractivity contribution is 0.739. The molecule has 0 radical (unpaired) electrons. The van der Waals surface area contributed by atoms with E-state index in [1.165, 1.54) is 11.1 Å². The lowest BCUT2D eigenvalue weighted by atomic mass is 9.99. The quantitative estimate of drug-likeness (QED) is 0.748. The second-order valence-corrected chi connectivity index (χ2v) is 3.27. The topological polar surface area (TPSA) is 38.0 Å². The van der Waals surface area contributed by atoms with Gasteiger partial charge in [-0.25, -0.2) is 0 Å². The predicted octanol–water partition coefficient (Wildman–Crippen LogP) is 2.49. The summed E-state index contributed by atoms with van der Waals surface area (Å²) in [4.78, 5) is 0. The summed E-state index contributed by atoms with van der Waals surface area (Å²) in [5.41, 5.74) is 9.35. The van der Waals surface area contributed by atoms with Gasteiger partial charge in [0.05, 0.1) is 0 Å². The van der Waals surface area contributed by atoms with Crippen LogP contribution in [0.4, 0.5) is 5.69 Å². The Balaban J connectivity index is 0.000000980. The average molecular weight is 247 g/mol. The number of hydrogen-bond donors (Lipinski definition) is 2. The zero-order valence-corrected chi connectivity index (χ0v) is 10.0. The van der Waals surface area contributed by atoms with Gasteiger partial charge in [-0.05, 0) is 24.6 Å². The van der Waals surface area contributed by atoms with Gasteiger partial charge in [0.15, 0.2) is 0 Å². The molecule has 15 heavy (non-hydrogen) atoms. The van der Waals surface area contributed by atoms with Crippen molar-refractivity contribution in [2.75, 3.05) is 18.8 Å². The minimum absolute atomic E-state index is 0. The second-order valence-electron chi connectivity index (χ2n) is 3.27. The normalized spacial score (nSPS) is 14.5. The van der Waals surface area contributed by atoms with Crippen LogP contribution in [0.25, 0.3) is 5.57 Å². The molecule has 0 atom stereocenters. The maximum absolute atomic E-state index is 5.89. The molecule has 1 aliphatic heterocycles. The van der Waals surface area contributed by atoms with Gasteiger partial charge in [0.25, 0.3) is 0 Å². The fourth-order valence-electron chi connectivity index (χ4n) is 1.66. The standard InChI is InChI=1S/C11H14N2.2ClH/c12-11-4-2-1-3-10(11)9-5-7-13-8-6-9;;/h1-5,13H,6-8,12H2;2*1H. The van der Waals surface area contributed by atoms with E-state index >= 15 is 0 Å². The van der Waals surface area contributed by atoms with Crippen molar-refractivity contribution in [1.29, 1.82) is 0 Å². The van der Waals surface area contributed by atoms with E-state index in [4.69, 9.17) is 5.73 Å². The number of anilines is 1. The zero-order chi connectivity index (χ0) is 9.10. The molecule has 0 fully saturated rings. The Morgan fingerprint density at radius 2 is 1.87 bits per heavy atom. The van der Waals surface area contributed by atoms with Gasteiger partial charge in [-0.2, -0.15) is 0 Å². The number of nitrogens with one attached hydrogen (secondary N) is 1. The highest BCUT2D eigenvalue weighted by Crippen LogP contribution is 2.24. The van der Waals surface area contributed by atoms with E-state index in [2.05, 4.69) is 17.5 Å². The molecule has 0 aliphatic carbocycles. The van der Waals surface area contributed by atoms with E-state index in [9.17, 15) is 0 Å². The molecular formula is C11H16Cl2N2. The monoisotopic (exact) mass is 246 g/mol. The molecule has 1 heterocycles. The Labute approximate surface area is 103 Å². The third-order valence-corrected chi connectivity index (χ3v) is 2.37. The van der Waals surface area contributed by atoms with Gasteiger partial charge in [0.1, 0.15) is 0 Å². The van der Waals surface area contributed by atoms with Crippen LogP contribution in [0.5, 0.6) is 0 Å². The fraction of sp³-hybridized carbons (Fsp3) is 0.273. The minimum atomic E-state index is 0. The van der Waals surface area contributed by atoms with Gasteiger partial charge in [0.2, 0.25) is 0 Å². The molecule has 1 aromatic rings. The highest BCUT2D eigenvalue weighted by atomic mass is 35.5. The van der Waals surface area contributed by atoms with Gasteiger partial charge >= 0.3 is 0 Å². The zero-order valence-electron chi connectivity index (χ0n) is 8.40. The van der Waals surface area contributed by atoms with Gasteiger partial charge in [-0.15, -0.1) is 24.8 Å². The summed E-state index contributed by atoms with van der Waals surface area (Å²) in [6, 6.07) is 8.06. The Hall–Kier alpha value is -0.700. The highest BCUT2D eigenvalue weighted by molar-refractivity contribution is 5.85. The second kappa shape index (κ2) is 6.72. The molecule has 2 nitrogen and oxygen atoms in total. The third-order valence-electron chi connectivity index (χ3n) is 2.37. The number of hydrogen-bond acceptors (Lipinski definition) is 2. The van der Waals surface area contributed by atoms with Crippen molar-refractivity contribution < 1.29 is 0 Å². The first-order chi connectivity index (χ1) is 6.38. The number of benzene rings is 1. The summed E-state index contributed by atoms with van der Waals surface area (Å²) in [6.45, 7) is 2.02. The number of halogens is 2. The first-order valence-electron chi connectivity index (χ1n) is 4.62. The van der Waals surface area contributed by atoms with Gasteiger partial charge in [-0.3, -0.25) is 0 Å². The lowest BCUT2D eigenvalue weighted by Gasteiger charge is -2.15.